The molecular formula is C10H16N4O. The number of hydrogen-bond donors (Lipinski definition) is 3. The maximum atomic E-state index is 5.55. The summed E-state index contributed by atoms with van der Waals surface area (Å²) in [6, 6.07) is 3.70. The molecule has 0 bridgehead atoms. The van der Waals surface area contributed by atoms with Crippen LogP contribution in [-0.2, 0) is 4.74 Å². The van der Waals surface area contributed by atoms with Crippen LogP contribution in [0.25, 0.3) is 0 Å². The normalized spacial score (nSPS) is 21.2. The van der Waals surface area contributed by atoms with Crippen LogP contribution in [0, 0.1) is 0 Å². The Bertz CT molecular complexity index is 295. The van der Waals surface area contributed by atoms with Gasteiger partial charge in [0.15, 0.2) is 0 Å². The highest BCUT2D eigenvalue weighted by molar-refractivity contribution is 5.45. The van der Waals surface area contributed by atoms with Crippen LogP contribution in [0.5, 0.6) is 0 Å². The van der Waals surface area contributed by atoms with E-state index in [9.17, 15) is 0 Å². The molecule has 15 heavy (non-hydrogen) atoms. The van der Waals surface area contributed by atoms with E-state index < -0.39 is 0 Å². The van der Waals surface area contributed by atoms with Crippen molar-refractivity contribution in [2.45, 2.75) is 6.10 Å². The highest BCUT2D eigenvalue weighted by Gasteiger charge is 2.12. The van der Waals surface area contributed by atoms with Gasteiger partial charge < -0.3 is 21.1 Å². The van der Waals surface area contributed by atoms with Gasteiger partial charge in [-0.2, -0.15) is 0 Å². The molecule has 5 nitrogen and oxygen atoms in total. The van der Waals surface area contributed by atoms with Crippen molar-refractivity contribution < 1.29 is 4.74 Å². The number of anilines is 2. The number of aromatic nitrogens is 1. The zero-order valence-corrected chi connectivity index (χ0v) is 8.57. The van der Waals surface area contributed by atoms with Crippen LogP contribution in [0.4, 0.5) is 11.5 Å². The summed E-state index contributed by atoms with van der Waals surface area (Å²) in [5.41, 5.74) is 6.46. The molecule has 1 aliphatic rings. The minimum absolute atomic E-state index is 0.233. The van der Waals surface area contributed by atoms with E-state index in [1.54, 1.807) is 12.3 Å². The number of nitrogens with two attached hydrogens (primary N) is 1. The first-order valence-electron chi connectivity index (χ1n) is 5.12. The molecule has 0 saturated carbocycles. The van der Waals surface area contributed by atoms with Gasteiger partial charge in [-0.25, -0.2) is 4.98 Å². The fraction of sp³-hybridized carbons (Fsp3) is 0.500. The van der Waals surface area contributed by atoms with Gasteiger partial charge in [-0.1, -0.05) is 0 Å². The number of nitrogens with one attached hydrogen (secondary N) is 2. The summed E-state index contributed by atoms with van der Waals surface area (Å²) in [5, 5.41) is 6.54. The second kappa shape index (κ2) is 4.95. The fourth-order valence-corrected chi connectivity index (χ4v) is 1.49. The molecule has 1 saturated heterocycles. The summed E-state index contributed by atoms with van der Waals surface area (Å²) in [6.45, 7) is 3.42. The maximum absolute atomic E-state index is 5.55. The van der Waals surface area contributed by atoms with Gasteiger partial charge in [-0.15, -0.1) is 0 Å². The van der Waals surface area contributed by atoms with Crippen LogP contribution in [-0.4, -0.2) is 37.3 Å². The quantitative estimate of drug-likeness (QED) is 0.655. The zero-order valence-electron chi connectivity index (χ0n) is 8.57. The lowest BCUT2D eigenvalue weighted by Crippen LogP contribution is -2.42. The van der Waals surface area contributed by atoms with Crippen molar-refractivity contribution >= 4 is 11.5 Å². The maximum Gasteiger partial charge on any atom is 0.123 e. The first kappa shape index (κ1) is 10.2. The number of rotatable bonds is 3. The summed E-state index contributed by atoms with van der Waals surface area (Å²) >= 11 is 0. The highest BCUT2D eigenvalue weighted by Crippen LogP contribution is 2.07. The van der Waals surface area contributed by atoms with E-state index in [0.717, 1.165) is 31.9 Å². The van der Waals surface area contributed by atoms with E-state index in [-0.39, 0.29) is 6.10 Å². The van der Waals surface area contributed by atoms with Crippen LogP contribution in [0.1, 0.15) is 0 Å². The Morgan fingerprint density at radius 1 is 1.60 bits per heavy atom. The SMILES string of the molecule is Nc1ccc(NCC2CNCCO2)cn1. The molecule has 0 aliphatic carbocycles. The Balaban J connectivity index is 1.79. The molecule has 0 radical (unpaired) electrons. The van der Waals surface area contributed by atoms with Gasteiger partial charge in [-0.3, -0.25) is 0 Å². The predicted octanol–water partition coefficient (Wildman–Crippen LogP) is 0.0641. The minimum atomic E-state index is 0.233. The molecular weight excluding hydrogens is 192 g/mol. The summed E-state index contributed by atoms with van der Waals surface area (Å²) in [5.74, 6) is 0.538. The van der Waals surface area contributed by atoms with E-state index in [1.165, 1.54) is 0 Å². The molecule has 4 N–H and O–H groups in total. The molecule has 1 fully saturated rings. The molecule has 1 aliphatic heterocycles. The monoisotopic (exact) mass is 208 g/mol. The van der Waals surface area contributed by atoms with Gasteiger partial charge in [-0.05, 0) is 12.1 Å². The summed E-state index contributed by atoms with van der Waals surface area (Å²) < 4.78 is 5.55. The second-order valence-corrected chi connectivity index (χ2v) is 3.55. The van der Waals surface area contributed by atoms with Crippen LogP contribution in [0.15, 0.2) is 18.3 Å². The van der Waals surface area contributed by atoms with Gasteiger partial charge in [0.2, 0.25) is 0 Å². The number of nitrogen functional groups attached to an aromatic ring is 1. The average Bonchev–Trinajstić information content (AvgIpc) is 2.30. The summed E-state index contributed by atoms with van der Waals surface area (Å²) in [4.78, 5) is 4.00. The third kappa shape index (κ3) is 3.07. The van der Waals surface area contributed by atoms with E-state index >= 15 is 0 Å². The zero-order chi connectivity index (χ0) is 10.5. The topological polar surface area (TPSA) is 72.2 Å². The van der Waals surface area contributed by atoms with Crippen LogP contribution in [0.2, 0.25) is 0 Å². The second-order valence-electron chi connectivity index (χ2n) is 3.55. The molecule has 0 aromatic carbocycles. The number of pyridine rings is 1. The highest BCUT2D eigenvalue weighted by atomic mass is 16.5. The number of morpholine rings is 1. The molecule has 1 aromatic heterocycles. The van der Waals surface area contributed by atoms with Crippen molar-refractivity contribution in [1.29, 1.82) is 0 Å². The smallest absolute Gasteiger partial charge is 0.123 e. The van der Waals surface area contributed by atoms with Crippen molar-refractivity contribution in [1.82, 2.24) is 10.3 Å². The molecule has 1 aromatic rings. The van der Waals surface area contributed by atoms with E-state index in [2.05, 4.69) is 15.6 Å². The Morgan fingerprint density at radius 3 is 3.20 bits per heavy atom. The Kier molecular flexibility index (Phi) is 3.37. The Labute approximate surface area is 89.0 Å². The number of nitrogens with zero attached hydrogens (tertiary/aromatic N) is 1. The van der Waals surface area contributed by atoms with Crippen molar-refractivity contribution in [3.63, 3.8) is 0 Å². The number of hydrogen-bond acceptors (Lipinski definition) is 5. The van der Waals surface area contributed by atoms with Crippen molar-refractivity contribution in [3.05, 3.63) is 18.3 Å². The Hall–Kier alpha value is -1.33. The number of ether oxygens (including phenoxy) is 1. The van der Waals surface area contributed by atoms with Crippen molar-refractivity contribution in [3.8, 4) is 0 Å². The molecule has 2 rings (SSSR count). The third-order valence-corrected chi connectivity index (χ3v) is 2.32. The lowest BCUT2D eigenvalue weighted by Gasteiger charge is -2.24. The predicted molar refractivity (Wildman–Crippen MR) is 59.7 cm³/mol. The van der Waals surface area contributed by atoms with E-state index in [1.807, 2.05) is 6.07 Å². The standard InChI is InChI=1S/C10H16N4O/c11-10-2-1-8(5-14-10)13-7-9-6-12-3-4-15-9/h1-2,5,9,12-13H,3-4,6-7H2,(H2,11,14). The first-order chi connectivity index (χ1) is 7.34. The van der Waals surface area contributed by atoms with Gasteiger partial charge in [0.25, 0.3) is 0 Å². The molecule has 5 heteroatoms. The lowest BCUT2D eigenvalue weighted by molar-refractivity contribution is 0.0372. The van der Waals surface area contributed by atoms with Gasteiger partial charge in [0.1, 0.15) is 5.82 Å². The van der Waals surface area contributed by atoms with E-state index in [4.69, 9.17) is 10.5 Å². The molecule has 0 amide bonds. The lowest BCUT2D eigenvalue weighted by atomic mass is 10.3. The van der Waals surface area contributed by atoms with E-state index in [0.29, 0.717) is 5.82 Å². The summed E-state index contributed by atoms with van der Waals surface area (Å²) in [6.07, 6.45) is 1.96. The van der Waals surface area contributed by atoms with Crippen molar-refractivity contribution in [2.24, 2.45) is 0 Å². The van der Waals surface area contributed by atoms with Crippen LogP contribution in [0.3, 0.4) is 0 Å². The minimum Gasteiger partial charge on any atom is -0.384 e. The fourth-order valence-electron chi connectivity index (χ4n) is 1.49. The van der Waals surface area contributed by atoms with Gasteiger partial charge >= 0.3 is 0 Å². The molecule has 2 heterocycles. The Morgan fingerprint density at radius 2 is 2.53 bits per heavy atom. The summed E-state index contributed by atoms with van der Waals surface area (Å²) in [7, 11) is 0. The molecule has 0 spiro atoms. The van der Waals surface area contributed by atoms with Crippen molar-refractivity contribution in [2.75, 3.05) is 37.3 Å². The molecule has 1 atom stereocenters. The molecule has 1 unspecified atom stereocenters. The van der Waals surface area contributed by atoms with Crippen LogP contribution >= 0.6 is 0 Å². The molecule has 82 valence electrons. The first-order valence-corrected chi connectivity index (χ1v) is 5.12. The third-order valence-electron chi connectivity index (χ3n) is 2.32. The average molecular weight is 208 g/mol. The van der Waals surface area contributed by atoms with Gasteiger partial charge in [0.05, 0.1) is 24.6 Å². The largest absolute Gasteiger partial charge is 0.384 e. The van der Waals surface area contributed by atoms with Crippen LogP contribution < -0.4 is 16.4 Å². The van der Waals surface area contributed by atoms with Gasteiger partial charge in [0, 0.05) is 19.6 Å².